The van der Waals surface area contributed by atoms with Crippen LogP contribution in [0.2, 0.25) is 0 Å². The lowest BCUT2D eigenvalue weighted by molar-refractivity contribution is -0.345. The zero-order chi connectivity index (χ0) is 49.8. The van der Waals surface area contributed by atoms with Gasteiger partial charge in [0.1, 0.15) is 103 Å². The first kappa shape index (κ1) is 50.4. The van der Waals surface area contributed by atoms with E-state index in [0.29, 0.717) is 5.56 Å². The van der Waals surface area contributed by atoms with Crippen LogP contribution in [0.3, 0.4) is 0 Å². The van der Waals surface area contributed by atoms with Gasteiger partial charge in [-0.05, 0) is 35.9 Å². The first-order valence-corrected chi connectivity index (χ1v) is 20.8. The summed E-state index contributed by atoms with van der Waals surface area (Å²) in [7, 11) is 0. The fraction of sp³-hybridized carbons (Fsp3) is 0.409. The second-order valence-electron chi connectivity index (χ2n) is 15.9. The van der Waals surface area contributed by atoms with Crippen LogP contribution in [0.25, 0.3) is 28.4 Å². The van der Waals surface area contributed by atoms with Crippen LogP contribution in [-0.2, 0) is 42.8 Å². The van der Waals surface area contributed by atoms with Gasteiger partial charge in [-0.3, -0.25) is 9.59 Å². The molecule has 3 aliphatic heterocycles. The Hall–Kier alpha value is -6.46. The molecule has 0 spiro atoms. The van der Waals surface area contributed by atoms with E-state index in [9.17, 15) is 75.7 Å². The van der Waals surface area contributed by atoms with Crippen molar-refractivity contribution in [3.63, 3.8) is 0 Å². The average molecular weight is 976 g/mol. The molecular weight excluding hydrogens is 928 g/mol. The number of carbonyl (C=O) groups excluding carboxylic acids is 2. The molecule has 0 aliphatic carbocycles. The van der Waals surface area contributed by atoms with Crippen LogP contribution in [0, 0.1) is 0 Å². The fourth-order valence-corrected chi connectivity index (χ4v) is 7.27. The third kappa shape index (κ3) is 11.7. The monoisotopic (exact) mass is 975 g/mol. The van der Waals surface area contributed by atoms with Crippen LogP contribution in [0.5, 0.6) is 34.5 Å². The van der Waals surface area contributed by atoms with Crippen LogP contribution in [0.15, 0.2) is 71.2 Å². The third-order valence-corrected chi connectivity index (χ3v) is 11.0. The Labute approximate surface area is 387 Å². The van der Waals surface area contributed by atoms with Gasteiger partial charge in [0.25, 0.3) is 0 Å². The minimum absolute atomic E-state index is 0.0159. The minimum atomic E-state index is -2.04. The van der Waals surface area contributed by atoms with Crippen molar-refractivity contribution in [3.8, 4) is 45.8 Å². The number of rotatable bonds is 15. The van der Waals surface area contributed by atoms with Crippen molar-refractivity contribution in [1.29, 1.82) is 0 Å². The highest BCUT2D eigenvalue weighted by atomic mass is 16.8. The Balaban J connectivity index is 1.25. The number of hydrogen-bond acceptors (Lipinski definition) is 23. The number of aromatic hydroxyl groups is 4. The van der Waals surface area contributed by atoms with Crippen LogP contribution in [-0.4, -0.2) is 190 Å². The second kappa shape index (κ2) is 21.5. The molecule has 25 nitrogen and oxygen atoms in total. The summed E-state index contributed by atoms with van der Waals surface area (Å²) in [5.41, 5.74) is 0.253. The van der Waals surface area contributed by atoms with E-state index >= 15 is 0 Å². The Morgan fingerprint density at radius 1 is 0.652 bits per heavy atom. The number of carbonyl (C=O) groups is 3. The summed E-state index contributed by atoms with van der Waals surface area (Å²) in [5, 5.41) is 136. The van der Waals surface area contributed by atoms with Gasteiger partial charge in [-0.25, -0.2) is 9.21 Å². The van der Waals surface area contributed by atoms with Crippen molar-refractivity contribution < 1.29 is 123 Å². The van der Waals surface area contributed by atoms with Crippen LogP contribution in [0.1, 0.15) is 12.0 Å². The molecular formula is C44H47O25+. The molecule has 13 N–H and O–H groups in total. The molecule has 4 aromatic rings. The SMILES string of the molecule is O=C(O)CC(=O)OC[C@H]1O[C@@H](Oc2cc(O)cc3[o+]c(-c4ccc(O)c(O)c4)c(O[C@@H]4O[C@H](COC(=O)C=Cc5ccc(O)cc5)[C@@H](O)[C@H](O)[C@H]4O[C@@H]4OC[C@@H](O)[C@H](O)[C@H]4O)cc23)[C@H](O)[C@@H](O)[C@@H]1O. The molecule has 1 aromatic heterocycles. The topological polar surface area (TPSA) is 399 Å². The molecule has 25 heteroatoms. The number of ether oxygens (including phenoxy) is 8. The first-order chi connectivity index (χ1) is 32.8. The summed E-state index contributed by atoms with van der Waals surface area (Å²) < 4.78 is 51.5. The summed E-state index contributed by atoms with van der Waals surface area (Å²) in [6.07, 6.45) is -24.6. The Morgan fingerprint density at radius 3 is 2.00 bits per heavy atom. The lowest BCUT2D eigenvalue weighted by Gasteiger charge is -2.44. The average Bonchev–Trinajstić information content (AvgIpc) is 3.31. The fourth-order valence-electron chi connectivity index (χ4n) is 7.27. The highest BCUT2D eigenvalue weighted by Gasteiger charge is 2.51. The molecule has 0 unspecified atom stereocenters. The molecule has 0 bridgehead atoms. The number of phenols is 4. The Kier molecular flexibility index (Phi) is 15.7. The lowest BCUT2D eigenvalue weighted by atomic mass is 9.98. The summed E-state index contributed by atoms with van der Waals surface area (Å²) in [6.45, 7) is -2.10. The van der Waals surface area contributed by atoms with Gasteiger partial charge in [0.2, 0.25) is 18.3 Å². The van der Waals surface area contributed by atoms with E-state index in [1.807, 2.05) is 0 Å². The van der Waals surface area contributed by atoms with E-state index in [4.69, 9.17) is 47.4 Å². The molecule has 3 saturated heterocycles. The molecule has 7 rings (SSSR count). The Morgan fingerprint density at radius 2 is 1.30 bits per heavy atom. The summed E-state index contributed by atoms with van der Waals surface area (Å²) in [4.78, 5) is 35.6. The van der Waals surface area contributed by atoms with E-state index in [2.05, 4.69) is 0 Å². The molecule has 0 amide bonds. The summed E-state index contributed by atoms with van der Waals surface area (Å²) in [5.74, 6) is -6.55. The lowest BCUT2D eigenvalue weighted by Crippen LogP contribution is -2.64. The zero-order valence-electron chi connectivity index (χ0n) is 35.6. The maximum Gasteiger partial charge on any atom is 0.402 e. The number of carboxylic acids is 1. The van der Waals surface area contributed by atoms with Crippen molar-refractivity contribution >= 4 is 35.0 Å². The third-order valence-electron chi connectivity index (χ3n) is 11.0. The summed E-state index contributed by atoms with van der Waals surface area (Å²) in [6, 6.07) is 12.4. The molecule has 3 fully saturated rings. The molecule has 0 radical (unpaired) electrons. The van der Waals surface area contributed by atoms with Crippen molar-refractivity contribution in [2.45, 2.75) is 92.4 Å². The van der Waals surface area contributed by atoms with Gasteiger partial charge in [-0.2, -0.15) is 0 Å². The number of hydrogen-bond donors (Lipinski definition) is 13. The molecule has 3 aliphatic rings. The zero-order valence-corrected chi connectivity index (χ0v) is 35.6. The van der Waals surface area contributed by atoms with Crippen molar-refractivity contribution in [3.05, 3.63) is 72.3 Å². The maximum atomic E-state index is 12.8. The highest BCUT2D eigenvalue weighted by Crippen LogP contribution is 2.44. The van der Waals surface area contributed by atoms with Crippen molar-refractivity contribution in [1.82, 2.24) is 0 Å². The molecule has 372 valence electrons. The molecule has 69 heavy (non-hydrogen) atoms. The second-order valence-corrected chi connectivity index (χ2v) is 15.9. The van der Waals surface area contributed by atoms with E-state index in [1.165, 1.54) is 42.5 Å². The van der Waals surface area contributed by atoms with Gasteiger partial charge in [-0.1, -0.05) is 12.1 Å². The van der Waals surface area contributed by atoms with Gasteiger partial charge < -0.3 is 104 Å². The molecule has 0 saturated carbocycles. The van der Waals surface area contributed by atoms with Gasteiger partial charge >= 0.3 is 29.3 Å². The standard InChI is InChI=1S/C44H46O25/c45-19-5-1-17(2-6-19)3-8-31(52)61-15-29-35(56)37(58)41(69-42-38(59)33(54)24(49)14-63-42)44(68-29)66-27-12-21-25(64-40(27)18-4-7-22(47)23(48)9-18)10-20(46)11-26(21)65-43-39(60)36(57)34(55)28(67-43)16-62-32(53)13-30(50)51/h1-12,24,28-29,33-39,41-44,49,54-60H,13-16H2,(H4-,45,46,47,48,50,51,52)/p+1/t24-,28-,29-,33+,34-,35-,36+,37+,38-,39-,41-,42+,43-,44-/m1/s1. The van der Waals surface area contributed by atoms with Gasteiger partial charge in [0.05, 0.1) is 18.2 Å². The minimum Gasteiger partial charge on any atom is -0.508 e. The van der Waals surface area contributed by atoms with Gasteiger partial charge in [-0.15, -0.1) is 0 Å². The van der Waals surface area contributed by atoms with Crippen LogP contribution in [0.4, 0.5) is 0 Å². The van der Waals surface area contributed by atoms with Crippen molar-refractivity contribution in [2.75, 3.05) is 19.8 Å². The quantitative estimate of drug-likeness (QED) is 0.0208. The van der Waals surface area contributed by atoms with E-state index in [0.717, 1.165) is 30.3 Å². The van der Waals surface area contributed by atoms with E-state index < -0.39 is 159 Å². The van der Waals surface area contributed by atoms with Crippen LogP contribution >= 0.6 is 0 Å². The number of aliphatic hydroxyl groups excluding tert-OH is 8. The molecule has 14 atom stereocenters. The number of carboxylic acid groups (broad SMARTS) is 1. The Bertz CT molecular complexity index is 2500. The van der Waals surface area contributed by atoms with Gasteiger partial charge in [0, 0.05) is 24.3 Å². The van der Waals surface area contributed by atoms with Crippen molar-refractivity contribution in [2.24, 2.45) is 0 Å². The molecule has 3 aromatic carbocycles. The predicted molar refractivity (Wildman–Crippen MR) is 224 cm³/mol. The number of fused-ring (bicyclic) bond motifs is 1. The number of esters is 2. The number of aliphatic hydroxyl groups is 8. The predicted octanol–water partition coefficient (Wildman–Crippen LogP) is -1.69. The number of phenolic OH excluding ortho intramolecular Hbond substituents is 4. The number of benzene rings is 3. The number of aliphatic carboxylic acids is 1. The smallest absolute Gasteiger partial charge is 0.402 e. The summed E-state index contributed by atoms with van der Waals surface area (Å²) >= 11 is 0. The largest absolute Gasteiger partial charge is 0.508 e. The van der Waals surface area contributed by atoms with Gasteiger partial charge in [0.15, 0.2) is 23.9 Å². The van der Waals surface area contributed by atoms with E-state index in [-0.39, 0.29) is 28.0 Å². The van der Waals surface area contributed by atoms with E-state index in [1.54, 1.807) is 0 Å². The highest BCUT2D eigenvalue weighted by molar-refractivity contribution is 5.90. The van der Waals surface area contributed by atoms with Crippen LogP contribution < -0.4 is 9.47 Å². The maximum absolute atomic E-state index is 12.8. The normalized spacial score (nSPS) is 30.4. The molecule has 4 heterocycles. The first-order valence-electron chi connectivity index (χ1n) is 20.8.